The van der Waals surface area contributed by atoms with E-state index < -0.39 is 5.60 Å². The Morgan fingerprint density at radius 2 is 2.00 bits per heavy atom. The molecule has 2 fully saturated rings. The van der Waals surface area contributed by atoms with Crippen LogP contribution in [0.4, 0.5) is 4.79 Å². The van der Waals surface area contributed by atoms with Gasteiger partial charge in [0.05, 0.1) is 35.2 Å². The molecule has 1 aliphatic carbocycles. The topological polar surface area (TPSA) is 99.2 Å². The normalized spacial score (nSPS) is 20.8. The van der Waals surface area contributed by atoms with Gasteiger partial charge in [-0.15, -0.1) is 0 Å². The Morgan fingerprint density at radius 3 is 2.74 bits per heavy atom. The molecule has 1 saturated heterocycles. The number of hydrogen-bond acceptors (Lipinski definition) is 6. The van der Waals surface area contributed by atoms with Crippen LogP contribution >= 0.6 is 0 Å². The van der Waals surface area contributed by atoms with Crippen LogP contribution in [0, 0.1) is 5.92 Å². The van der Waals surface area contributed by atoms with Crippen LogP contribution in [-0.4, -0.2) is 56.0 Å². The van der Waals surface area contributed by atoms with Gasteiger partial charge in [-0.2, -0.15) is 5.10 Å². The monoisotopic (exact) mass is 462 g/mol. The maximum atomic E-state index is 12.3. The van der Waals surface area contributed by atoms with Crippen molar-refractivity contribution in [2.45, 2.75) is 64.0 Å². The van der Waals surface area contributed by atoms with E-state index in [-0.39, 0.29) is 12.0 Å². The molecule has 3 aromatic rings. The smallest absolute Gasteiger partial charge is 0.410 e. The Bertz CT molecular complexity index is 1170. The average molecular weight is 463 g/mol. The highest BCUT2D eigenvalue weighted by Gasteiger charge is 2.35. The summed E-state index contributed by atoms with van der Waals surface area (Å²) in [7, 11) is 0. The largest absolute Gasteiger partial charge is 0.444 e. The van der Waals surface area contributed by atoms with Gasteiger partial charge in [-0.1, -0.05) is 12.1 Å². The van der Waals surface area contributed by atoms with Gasteiger partial charge in [0, 0.05) is 30.8 Å². The minimum absolute atomic E-state index is 0.241. The first kappa shape index (κ1) is 22.8. The average Bonchev–Trinajstić information content (AvgIpc) is 3.20. The zero-order valence-corrected chi connectivity index (χ0v) is 20.3. The molecule has 8 heteroatoms. The maximum absolute atomic E-state index is 12.3. The van der Waals surface area contributed by atoms with E-state index in [1.807, 2.05) is 45.3 Å². The van der Waals surface area contributed by atoms with Gasteiger partial charge >= 0.3 is 6.09 Å². The third-order valence-electron chi connectivity index (χ3n) is 6.87. The van der Waals surface area contributed by atoms with E-state index in [0.717, 1.165) is 46.7 Å². The molecule has 0 atom stereocenters. The van der Waals surface area contributed by atoms with Crippen LogP contribution in [-0.2, 0) is 4.74 Å². The molecule has 0 spiro atoms. The number of amides is 1. The highest BCUT2D eigenvalue weighted by atomic mass is 16.6. The molecular formula is C26H34N6O2. The zero-order valence-electron chi connectivity index (χ0n) is 20.3. The summed E-state index contributed by atoms with van der Waals surface area (Å²) in [5.74, 6) is 1.02. The number of para-hydroxylation sites is 1. The first-order valence-corrected chi connectivity index (χ1v) is 12.3. The molecule has 0 radical (unpaired) electrons. The quantitative estimate of drug-likeness (QED) is 0.578. The number of benzene rings is 1. The van der Waals surface area contributed by atoms with Crippen LogP contribution in [0.2, 0.25) is 0 Å². The van der Waals surface area contributed by atoms with Crippen molar-refractivity contribution in [1.82, 2.24) is 24.6 Å². The van der Waals surface area contributed by atoms with Crippen molar-refractivity contribution < 1.29 is 9.53 Å². The van der Waals surface area contributed by atoms with Gasteiger partial charge in [0.15, 0.2) is 0 Å². The van der Waals surface area contributed by atoms with Crippen molar-refractivity contribution in [3.8, 4) is 11.3 Å². The molecule has 180 valence electrons. The summed E-state index contributed by atoms with van der Waals surface area (Å²) in [6.45, 7) is 7.70. The number of likely N-dealkylation sites (tertiary alicyclic amines) is 1. The molecule has 2 aromatic heterocycles. The molecule has 2 aliphatic rings. The molecule has 1 aromatic carbocycles. The van der Waals surface area contributed by atoms with Crippen molar-refractivity contribution in [1.29, 1.82) is 0 Å². The van der Waals surface area contributed by atoms with Gasteiger partial charge in [0.25, 0.3) is 0 Å². The van der Waals surface area contributed by atoms with Gasteiger partial charge in [-0.25, -0.2) is 9.78 Å². The number of carbonyl (C=O) groups is 1. The highest BCUT2D eigenvalue weighted by molar-refractivity contribution is 5.81. The van der Waals surface area contributed by atoms with E-state index in [9.17, 15) is 4.79 Å². The fourth-order valence-corrected chi connectivity index (χ4v) is 4.91. The lowest BCUT2D eigenvalue weighted by Crippen LogP contribution is -2.50. The molecule has 5 rings (SSSR count). The molecule has 34 heavy (non-hydrogen) atoms. The van der Waals surface area contributed by atoms with E-state index in [2.05, 4.69) is 22.0 Å². The predicted octanol–water partition coefficient (Wildman–Crippen LogP) is 4.52. The molecule has 1 amide bonds. The molecule has 0 bridgehead atoms. The van der Waals surface area contributed by atoms with Gasteiger partial charge in [-0.3, -0.25) is 9.67 Å². The SMILES string of the molecule is CC(C)(C)OC(=O)N1CC(c2cccc3nc(-c4cnn(C5CC(CCCN)C5)c4)cnc23)C1. The second-order valence-corrected chi connectivity index (χ2v) is 10.7. The summed E-state index contributed by atoms with van der Waals surface area (Å²) in [4.78, 5) is 23.7. The lowest BCUT2D eigenvalue weighted by atomic mass is 9.77. The van der Waals surface area contributed by atoms with Gasteiger partial charge < -0.3 is 15.4 Å². The molecule has 8 nitrogen and oxygen atoms in total. The third kappa shape index (κ3) is 4.64. The Morgan fingerprint density at radius 1 is 1.21 bits per heavy atom. The first-order valence-electron chi connectivity index (χ1n) is 12.3. The summed E-state index contributed by atoms with van der Waals surface area (Å²) in [5.41, 5.74) is 9.86. The Kier molecular flexibility index (Phi) is 6.02. The summed E-state index contributed by atoms with van der Waals surface area (Å²) >= 11 is 0. The summed E-state index contributed by atoms with van der Waals surface area (Å²) in [6, 6.07) is 6.58. The lowest BCUT2D eigenvalue weighted by molar-refractivity contribution is 0.00828. The Labute approximate surface area is 200 Å². The minimum atomic E-state index is -0.484. The number of rotatable bonds is 6. The molecule has 2 N–H and O–H groups in total. The third-order valence-corrected chi connectivity index (χ3v) is 6.87. The van der Waals surface area contributed by atoms with E-state index in [4.69, 9.17) is 20.4 Å². The molecule has 3 heterocycles. The molecule has 0 unspecified atom stereocenters. The van der Waals surface area contributed by atoms with Crippen molar-refractivity contribution in [3.05, 3.63) is 42.4 Å². The highest BCUT2D eigenvalue weighted by Crippen LogP contribution is 2.40. The summed E-state index contributed by atoms with van der Waals surface area (Å²) in [5, 5.41) is 4.60. The fourth-order valence-electron chi connectivity index (χ4n) is 4.91. The van der Waals surface area contributed by atoms with E-state index >= 15 is 0 Å². The zero-order chi connectivity index (χ0) is 23.9. The number of nitrogens with two attached hydrogens (primary N) is 1. The van der Waals surface area contributed by atoms with Gasteiger partial charge in [0.2, 0.25) is 0 Å². The minimum Gasteiger partial charge on any atom is -0.444 e. The molecule has 1 saturated carbocycles. The Hall–Kier alpha value is -3.00. The second kappa shape index (κ2) is 8.98. The summed E-state index contributed by atoms with van der Waals surface area (Å²) in [6.07, 6.45) is 10.2. The summed E-state index contributed by atoms with van der Waals surface area (Å²) < 4.78 is 7.56. The van der Waals surface area contributed by atoms with Crippen LogP contribution in [0.5, 0.6) is 0 Å². The number of aromatic nitrogens is 4. The molecular weight excluding hydrogens is 428 g/mol. The van der Waals surface area contributed by atoms with E-state index in [0.29, 0.717) is 19.1 Å². The number of fused-ring (bicyclic) bond motifs is 1. The Balaban J connectivity index is 1.26. The second-order valence-electron chi connectivity index (χ2n) is 10.7. The number of nitrogens with zero attached hydrogens (tertiary/aromatic N) is 5. The lowest BCUT2D eigenvalue weighted by Gasteiger charge is -2.40. The van der Waals surface area contributed by atoms with Crippen molar-refractivity contribution in [2.24, 2.45) is 11.7 Å². The van der Waals surface area contributed by atoms with Crippen LogP contribution in [0.15, 0.2) is 36.8 Å². The number of ether oxygens (including phenoxy) is 1. The maximum Gasteiger partial charge on any atom is 0.410 e. The number of carbonyl (C=O) groups excluding carboxylic acids is 1. The van der Waals surface area contributed by atoms with Crippen molar-refractivity contribution in [3.63, 3.8) is 0 Å². The van der Waals surface area contributed by atoms with Gasteiger partial charge in [0.1, 0.15) is 5.60 Å². The van der Waals surface area contributed by atoms with Crippen LogP contribution in [0.25, 0.3) is 22.3 Å². The van der Waals surface area contributed by atoms with Gasteiger partial charge in [-0.05, 0) is 70.5 Å². The first-order chi connectivity index (χ1) is 16.3. The van der Waals surface area contributed by atoms with Crippen LogP contribution < -0.4 is 5.73 Å². The number of hydrogen-bond donors (Lipinski definition) is 1. The standard InChI is InChI=1S/C26H34N6O2/c1-26(2,3)34-25(33)31-14-19(15-31)21-7-4-8-22-24(21)28-13-23(30-22)18-12-29-32(16-18)20-10-17(11-20)6-5-9-27/h4,7-8,12-13,16-17,19-20H,5-6,9-11,14-15,27H2,1-3H3. The predicted molar refractivity (Wildman–Crippen MR) is 131 cm³/mol. The van der Waals surface area contributed by atoms with Crippen LogP contribution in [0.3, 0.4) is 0 Å². The van der Waals surface area contributed by atoms with Crippen molar-refractivity contribution >= 4 is 17.1 Å². The van der Waals surface area contributed by atoms with E-state index in [1.165, 1.54) is 19.3 Å². The van der Waals surface area contributed by atoms with Crippen LogP contribution in [0.1, 0.15) is 64.0 Å². The van der Waals surface area contributed by atoms with Crippen molar-refractivity contribution in [2.75, 3.05) is 19.6 Å². The van der Waals surface area contributed by atoms with E-state index in [1.54, 1.807) is 4.90 Å². The molecule has 1 aliphatic heterocycles. The fraction of sp³-hybridized carbons (Fsp3) is 0.538.